The van der Waals surface area contributed by atoms with E-state index in [1.54, 1.807) is 11.0 Å². The minimum Gasteiger partial charge on any atom is -0.381 e. The van der Waals surface area contributed by atoms with Crippen LogP contribution in [0.3, 0.4) is 0 Å². The smallest absolute Gasteiger partial charge is 0.381 e. The molecule has 0 aromatic heterocycles. The second kappa shape index (κ2) is 14.0. The number of anilines is 2. The lowest BCUT2D eigenvalue weighted by Gasteiger charge is -2.42. The van der Waals surface area contributed by atoms with Gasteiger partial charge in [-0.3, -0.25) is 14.5 Å². The van der Waals surface area contributed by atoms with Crippen LogP contribution in [-0.4, -0.2) is 68.3 Å². The van der Waals surface area contributed by atoms with Gasteiger partial charge in [-0.05, 0) is 49.9 Å². The molecule has 0 bridgehead atoms. The molecular weight excluding hydrogens is 583 g/mol. The lowest BCUT2D eigenvalue weighted by Crippen LogP contribution is -2.52. The molecule has 2 N–H and O–H groups in total. The van der Waals surface area contributed by atoms with Gasteiger partial charge in [0.05, 0.1) is 23.4 Å². The summed E-state index contributed by atoms with van der Waals surface area (Å²) in [6, 6.07) is 6.89. The maximum absolute atomic E-state index is 15.0. The van der Waals surface area contributed by atoms with Crippen LogP contribution in [0.5, 0.6) is 0 Å². The maximum atomic E-state index is 15.0. The number of hydrogen-bond acceptors (Lipinski definition) is 5. The van der Waals surface area contributed by atoms with Crippen LogP contribution in [0.4, 0.5) is 33.3 Å². The summed E-state index contributed by atoms with van der Waals surface area (Å²) in [4.78, 5) is 29.0. The molecule has 0 aliphatic carbocycles. The van der Waals surface area contributed by atoms with Crippen LogP contribution >= 0.6 is 11.6 Å². The summed E-state index contributed by atoms with van der Waals surface area (Å²) in [6.07, 6.45) is -3.32. The fourth-order valence-electron chi connectivity index (χ4n) is 5.30. The molecule has 2 aromatic carbocycles. The Morgan fingerprint density at radius 2 is 1.81 bits per heavy atom. The predicted molar refractivity (Wildman–Crippen MR) is 150 cm³/mol. The number of piperazine rings is 1. The second-order valence-electron chi connectivity index (χ2n) is 10.8. The van der Waals surface area contributed by atoms with Crippen molar-refractivity contribution in [2.45, 2.75) is 51.4 Å². The Kier molecular flexibility index (Phi) is 10.7. The molecule has 2 aromatic rings. The number of alkyl halides is 3. The Hall–Kier alpha value is -2.96. The number of rotatable bonds is 9. The molecule has 2 aliphatic heterocycles. The molecule has 2 fully saturated rings. The molecule has 4 rings (SSSR count). The van der Waals surface area contributed by atoms with Crippen molar-refractivity contribution in [1.29, 1.82) is 0 Å². The highest BCUT2D eigenvalue weighted by Gasteiger charge is 2.31. The molecule has 42 heavy (non-hydrogen) atoms. The van der Waals surface area contributed by atoms with Crippen molar-refractivity contribution in [3.8, 4) is 0 Å². The van der Waals surface area contributed by atoms with Crippen molar-refractivity contribution in [2.75, 3.05) is 49.6 Å². The van der Waals surface area contributed by atoms with Crippen LogP contribution in [0, 0.1) is 17.6 Å². The molecule has 0 saturated carbocycles. The van der Waals surface area contributed by atoms with E-state index < -0.39 is 35.7 Å². The van der Waals surface area contributed by atoms with E-state index >= 15 is 4.39 Å². The van der Waals surface area contributed by atoms with Gasteiger partial charge in [0.25, 0.3) is 5.91 Å². The van der Waals surface area contributed by atoms with Crippen LogP contribution < -0.4 is 15.5 Å². The van der Waals surface area contributed by atoms with E-state index in [4.69, 9.17) is 16.3 Å². The minimum absolute atomic E-state index is 0.0891. The van der Waals surface area contributed by atoms with Gasteiger partial charge in [0, 0.05) is 69.0 Å². The number of amides is 2. The van der Waals surface area contributed by atoms with Gasteiger partial charge < -0.3 is 20.3 Å². The average molecular weight is 617 g/mol. The summed E-state index contributed by atoms with van der Waals surface area (Å²) in [7, 11) is 0. The lowest BCUT2D eigenvalue weighted by molar-refractivity contribution is -0.138. The van der Waals surface area contributed by atoms with Crippen molar-refractivity contribution in [2.24, 2.45) is 5.92 Å². The zero-order chi connectivity index (χ0) is 30.4. The fraction of sp³-hybridized carbons (Fsp3) is 0.517. The third-order valence-corrected chi connectivity index (χ3v) is 7.87. The maximum Gasteiger partial charge on any atom is 0.390 e. The van der Waals surface area contributed by atoms with Crippen LogP contribution in [0.25, 0.3) is 0 Å². The van der Waals surface area contributed by atoms with E-state index in [1.807, 2.05) is 11.8 Å². The van der Waals surface area contributed by atoms with Crippen LogP contribution in [0.1, 0.15) is 48.5 Å². The summed E-state index contributed by atoms with van der Waals surface area (Å²) in [5.41, 5.74) is 0.206. The van der Waals surface area contributed by atoms with E-state index in [0.717, 1.165) is 18.9 Å². The summed E-state index contributed by atoms with van der Waals surface area (Å²) >= 11 is 6.22. The number of hydrogen-bond donors (Lipinski definition) is 2. The number of nitrogens with zero attached hydrogens (tertiary/aromatic N) is 2. The molecule has 0 unspecified atom stereocenters. The quantitative estimate of drug-likeness (QED) is 0.350. The van der Waals surface area contributed by atoms with Crippen molar-refractivity contribution in [1.82, 2.24) is 10.2 Å². The Balaban J connectivity index is 1.41. The van der Waals surface area contributed by atoms with E-state index in [2.05, 4.69) is 10.6 Å². The first-order chi connectivity index (χ1) is 19.9. The number of nitrogens with one attached hydrogen (secondary N) is 2. The molecule has 230 valence electrons. The van der Waals surface area contributed by atoms with Gasteiger partial charge in [0.15, 0.2) is 11.6 Å². The first-order valence-electron chi connectivity index (χ1n) is 13.9. The summed E-state index contributed by atoms with van der Waals surface area (Å²) in [5.74, 6) is -3.54. The number of halogens is 6. The van der Waals surface area contributed by atoms with Gasteiger partial charge in [0.1, 0.15) is 0 Å². The predicted octanol–water partition coefficient (Wildman–Crippen LogP) is 5.77. The van der Waals surface area contributed by atoms with Crippen LogP contribution in [0.15, 0.2) is 30.3 Å². The van der Waals surface area contributed by atoms with E-state index in [1.165, 1.54) is 18.2 Å². The first-order valence-corrected chi connectivity index (χ1v) is 14.3. The van der Waals surface area contributed by atoms with Crippen molar-refractivity contribution in [3.05, 3.63) is 58.1 Å². The number of benzene rings is 2. The lowest BCUT2D eigenvalue weighted by atomic mass is 9.96. The highest BCUT2D eigenvalue weighted by atomic mass is 35.5. The van der Waals surface area contributed by atoms with Gasteiger partial charge in [-0.1, -0.05) is 17.7 Å². The normalized spacial score (nSPS) is 18.6. The van der Waals surface area contributed by atoms with Crippen molar-refractivity contribution < 1.29 is 36.3 Å². The zero-order valence-electron chi connectivity index (χ0n) is 23.2. The molecule has 1 atom stereocenters. The van der Waals surface area contributed by atoms with Crippen molar-refractivity contribution in [3.63, 3.8) is 0 Å². The van der Waals surface area contributed by atoms with Gasteiger partial charge in [-0.25, -0.2) is 8.78 Å². The highest BCUT2D eigenvalue weighted by Crippen LogP contribution is 2.33. The molecule has 2 aliphatic rings. The molecule has 13 heteroatoms. The van der Waals surface area contributed by atoms with Crippen molar-refractivity contribution >= 4 is 34.8 Å². The highest BCUT2D eigenvalue weighted by molar-refractivity contribution is 6.31. The molecule has 0 spiro atoms. The summed E-state index contributed by atoms with van der Waals surface area (Å²) < 4.78 is 73.2. The third kappa shape index (κ3) is 8.54. The minimum atomic E-state index is -4.24. The third-order valence-electron chi connectivity index (χ3n) is 7.64. The van der Waals surface area contributed by atoms with Gasteiger partial charge in [-0.15, -0.1) is 0 Å². The number of ether oxygens (including phenoxy) is 1. The molecular formula is C29H34ClF5N4O3. The van der Waals surface area contributed by atoms with E-state index in [9.17, 15) is 27.2 Å². The molecule has 2 saturated heterocycles. The molecule has 7 nitrogen and oxygen atoms in total. The van der Waals surface area contributed by atoms with E-state index in [0.29, 0.717) is 49.2 Å². The average Bonchev–Trinajstić information content (AvgIpc) is 2.94. The Labute approximate surface area is 246 Å². The Bertz CT molecular complexity index is 1270. The number of carbonyl (C=O) groups is 2. The molecule has 2 heterocycles. The molecule has 2 amide bonds. The second-order valence-corrected chi connectivity index (χ2v) is 11.2. The first kappa shape index (κ1) is 32.0. The standard InChI is InChI=1S/C29H34ClF5N4O3/c1-18-17-38(9-8-29(33,34)35)10-11-39(18)24-15-21(30)3-5-23(24)37-28(41)22-4-2-20(26(31)27(22)32)16-36-25(40)14-19-6-12-42-13-7-19/h2-5,15,18-19H,6-14,16-17H2,1H3,(H,36,40)(H,37,41)/t18-/m1/s1. The van der Waals surface area contributed by atoms with E-state index in [-0.39, 0.29) is 42.9 Å². The van der Waals surface area contributed by atoms with Crippen LogP contribution in [0.2, 0.25) is 5.02 Å². The molecule has 0 radical (unpaired) electrons. The van der Waals surface area contributed by atoms with Gasteiger partial charge >= 0.3 is 6.18 Å². The fourth-order valence-corrected chi connectivity index (χ4v) is 5.46. The topological polar surface area (TPSA) is 73.9 Å². The van der Waals surface area contributed by atoms with Gasteiger partial charge in [0.2, 0.25) is 5.91 Å². The van der Waals surface area contributed by atoms with Gasteiger partial charge in [-0.2, -0.15) is 13.2 Å². The Morgan fingerprint density at radius 3 is 2.50 bits per heavy atom. The summed E-state index contributed by atoms with van der Waals surface area (Å²) in [6.45, 7) is 3.82. The SMILES string of the molecule is C[C@@H]1CN(CCC(F)(F)F)CCN1c1cc(Cl)ccc1NC(=O)c1ccc(CNC(=O)CC2CCOCC2)c(F)c1F. The zero-order valence-corrected chi connectivity index (χ0v) is 24.0. The monoisotopic (exact) mass is 616 g/mol. The summed E-state index contributed by atoms with van der Waals surface area (Å²) in [5, 5.41) is 5.60. The number of carbonyl (C=O) groups excluding carboxylic acids is 2. The van der Waals surface area contributed by atoms with Crippen LogP contribution in [-0.2, 0) is 16.1 Å². The largest absolute Gasteiger partial charge is 0.390 e. The Morgan fingerprint density at radius 1 is 1.07 bits per heavy atom.